The summed E-state index contributed by atoms with van der Waals surface area (Å²) >= 11 is 4.81. The Hall–Kier alpha value is -3.49. The molecule has 0 atom stereocenters. The van der Waals surface area contributed by atoms with E-state index < -0.39 is 0 Å². The van der Waals surface area contributed by atoms with Crippen molar-refractivity contribution in [3.05, 3.63) is 103 Å². The highest BCUT2D eigenvalue weighted by atomic mass is 79.9. The number of benzene rings is 3. The fourth-order valence-corrected chi connectivity index (χ4v) is 4.74. The molecule has 2 aromatic heterocycles. The minimum absolute atomic E-state index is 0.204. The van der Waals surface area contributed by atoms with Crippen molar-refractivity contribution < 1.29 is 9.47 Å². The molecule has 0 radical (unpaired) electrons. The molecule has 0 unspecified atom stereocenters. The highest BCUT2D eigenvalue weighted by Gasteiger charge is 2.14. The molecule has 6 nitrogen and oxygen atoms in total. The monoisotopic (exact) mass is 519 g/mol. The average Bonchev–Trinajstić information content (AvgIpc) is 3.38. The van der Waals surface area contributed by atoms with Crippen LogP contribution < -0.4 is 19.6 Å². The molecule has 0 N–H and O–H groups in total. The quantitative estimate of drug-likeness (QED) is 0.325. The van der Waals surface area contributed by atoms with Crippen molar-refractivity contribution in [1.29, 1.82) is 0 Å². The van der Waals surface area contributed by atoms with Crippen molar-refractivity contribution in [3.8, 4) is 22.9 Å². The Morgan fingerprint density at radius 2 is 1.82 bits per heavy atom. The van der Waals surface area contributed by atoms with Crippen LogP contribution in [0.2, 0.25) is 0 Å². The number of halogens is 1. The van der Waals surface area contributed by atoms with E-state index in [2.05, 4.69) is 26.0 Å². The molecular weight excluding hydrogens is 502 g/mol. The van der Waals surface area contributed by atoms with Gasteiger partial charge in [-0.05, 0) is 41.5 Å². The molecule has 0 bridgehead atoms. The van der Waals surface area contributed by atoms with Crippen LogP contribution in [0.5, 0.6) is 11.5 Å². The summed E-state index contributed by atoms with van der Waals surface area (Å²) in [4.78, 5) is 18.0. The second kappa shape index (κ2) is 9.17. The Bertz CT molecular complexity index is 1550. The second-order valence-electron chi connectivity index (χ2n) is 7.21. The van der Waals surface area contributed by atoms with Gasteiger partial charge in [0.25, 0.3) is 5.56 Å². The summed E-state index contributed by atoms with van der Waals surface area (Å²) in [7, 11) is 1.60. The number of aromatic nitrogens is 3. The van der Waals surface area contributed by atoms with Crippen LogP contribution in [0.1, 0.15) is 11.1 Å². The molecule has 3 aromatic carbocycles. The van der Waals surface area contributed by atoms with E-state index in [1.807, 2.05) is 78.9 Å². The molecule has 8 heteroatoms. The summed E-state index contributed by atoms with van der Waals surface area (Å²) in [6.45, 7) is 0.443. The van der Waals surface area contributed by atoms with Crippen molar-refractivity contribution >= 4 is 38.3 Å². The van der Waals surface area contributed by atoms with Gasteiger partial charge in [-0.15, -0.1) is 5.10 Å². The lowest BCUT2D eigenvalue weighted by Crippen LogP contribution is -2.23. The van der Waals surface area contributed by atoms with E-state index in [0.29, 0.717) is 33.4 Å². The lowest BCUT2D eigenvalue weighted by Gasteiger charge is -2.11. The first-order valence-corrected chi connectivity index (χ1v) is 11.7. The third-order valence-electron chi connectivity index (χ3n) is 5.02. The molecule has 0 saturated heterocycles. The van der Waals surface area contributed by atoms with Gasteiger partial charge in [-0.25, -0.2) is 0 Å². The third-order valence-corrected chi connectivity index (χ3v) is 6.67. The van der Waals surface area contributed by atoms with Gasteiger partial charge in [0.2, 0.25) is 4.96 Å². The van der Waals surface area contributed by atoms with Gasteiger partial charge in [-0.3, -0.25) is 4.79 Å². The van der Waals surface area contributed by atoms with E-state index in [4.69, 9.17) is 9.47 Å². The summed E-state index contributed by atoms with van der Waals surface area (Å²) in [6.07, 6.45) is 1.81. The van der Waals surface area contributed by atoms with Gasteiger partial charge in [-0.2, -0.15) is 9.50 Å². The number of methoxy groups -OCH3 is 1. The molecule has 0 saturated carbocycles. The third kappa shape index (κ3) is 4.40. The number of thiazole rings is 1. The summed E-state index contributed by atoms with van der Waals surface area (Å²) < 4.78 is 14.2. The normalized spacial score (nSPS) is 11.8. The molecule has 0 aliphatic heterocycles. The zero-order valence-corrected chi connectivity index (χ0v) is 20.0. The molecular formula is C25H18BrN3O3S. The fraction of sp³-hybridized carbons (Fsp3) is 0.0800. The number of fused-ring (bicyclic) bond motifs is 1. The molecule has 2 heterocycles. The van der Waals surface area contributed by atoms with Crippen LogP contribution in [0, 0.1) is 0 Å². The van der Waals surface area contributed by atoms with E-state index in [9.17, 15) is 4.79 Å². The van der Waals surface area contributed by atoms with Crippen LogP contribution in [-0.2, 0) is 6.61 Å². The molecule has 33 heavy (non-hydrogen) atoms. The summed E-state index contributed by atoms with van der Waals surface area (Å²) in [5, 5.41) is 4.42. The van der Waals surface area contributed by atoms with E-state index in [1.54, 1.807) is 7.11 Å². The first-order valence-electron chi connectivity index (χ1n) is 10.1. The van der Waals surface area contributed by atoms with Crippen molar-refractivity contribution in [2.75, 3.05) is 7.11 Å². The van der Waals surface area contributed by atoms with Crippen LogP contribution in [0.15, 0.2) is 82.1 Å². The van der Waals surface area contributed by atoms with Gasteiger partial charge in [0, 0.05) is 10.0 Å². The molecule has 0 fully saturated rings. The second-order valence-corrected chi connectivity index (χ2v) is 9.07. The minimum atomic E-state index is -0.204. The number of hydrogen-bond donors (Lipinski definition) is 0. The van der Waals surface area contributed by atoms with Crippen molar-refractivity contribution in [2.45, 2.75) is 6.61 Å². The van der Waals surface area contributed by atoms with Crippen LogP contribution in [-0.4, -0.2) is 21.7 Å². The molecule has 0 aliphatic carbocycles. The van der Waals surface area contributed by atoms with Crippen LogP contribution in [0.25, 0.3) is 22.4 Å². The van der Waals surface area contributed by atoms with Crippen molar-refractivity contribution in [2.24, 2.45) is 0 Å². The molecule has 5 aromatic rings. The molecule has 0 spiro atoms. The first kappa shape index (κ1) is 21.4. The van der Waals surface area contributed by atoms with Crippen molar-refractivity contribution in [1.82, 2.24) is 14.6 Å². The SMILES string of the molecule is COc1cc(C=c2sc3nc(-c4ccccc4Br)nn3c2=O)ccc1OCc1ccccc1. The average molecular weight is 520 g/mol. The standard InChI is InChI=1S/C25H18BrN3O3S/c1-31-21-13-17(11-12-20(21)32-15-16-7-3-2-4-8-16)14-22-24(30)29-25(33-22)27-23(28-29)18-9-5-6-10-19(18)26/h2-14H,15H2,1H3. The van der Waals surface area contributed by atoms with Crippen LogP contribution in [0.3, 0.4) is 0 Å². The predicted octanol–water partition coefficient (Wildman–Crippen LogP) is 4.72. The maximum atomic E-state index is 12.9. The van der Waals surface area contributed by atoms with E-state index in [-0.39, 0.29) is 5.56 Å². The zero-order chi connectivity index (χ0) is 22.8. The number of ether oxygens (including phenoxy) is 2. The van der Waals surface area contributed by atoms with Gasteiger partial charge < -0.3 is 9.47 Å². The van der Waals surface area contributed by atoms with Gasteiger partial charge in [-0.1, -0.05) is 75.8 Å². The van der Waals surface area contributed by atoms with Gasteiger partial charge in [0.15, 0.2) is 17.3 Å². The summed E-state index contributed by atoms with van der Waals surface area (Å²) in [5.74, 6) is 1.75. The topological polar surface area (TPSA) is 65.7 Å². The van der Waals surface area contributed by atoms with Gasteiger partial charge >= 0.3 is 0 Å². The van der Waals surface area contributed by atoms with Gasteiger partial charge in [0.1, 0.15) is 6.61 Å². The molecule has 5 rings (SSSR count). The van der Waals surface area contributed by atoms with E-state index in [0.717, 1.165) is 21.2 Å². The highest BCUT2D eigenvalue weighted by molar-refractivity contribution is 9.10. The Morgan fingerprint density at radius 1 is 1.03 bits per heavy atom. The highest BCUT2D eigenvalue weighted by Crippen LogP contribution is 2.29. The maximum Gasteiger partial charge on any atom is 0.291 e. The van der Waals surface area contributed by atoms with E-state index in [1.165, 1.54) is 15.9 Å². The Balaban J connectivity index is 1.44. The lowest BCUT2D eigenvalue weighted by molar-refractivity contribution is 0.284. The van der Waals surface area contributed by atoms with E-state index >= 15 is 0 Å². The summed E-state index contributed by atoms with van der Waals surface area (Å²) in [5.41, 5.74) is 2.53. The number of hydrogen-bond acceptors (Lipinski definition) is 6. The van der Waals surface area contributed by atoms with Crippen LogP contribution in [0.4, 0.5) is 0 Å². The molecule has 0 aliphatic rings. The molecule has 164 valence electrons. The fourth-order valence-electron chi connectivity index (χ4n) is 3.37. The first-order chi connectivity index (χ1) is 16.1. The maximum absolute atomic E-state index is 12.9. The largest absolute Gasteiger partial charge is 0.493 e. The number of nitrogens with zero attached hydrogens (tertiary/aromatic N) is 3. The Morgan fingerprint density at radius 3 is 2.58 bits per heavy atom. The van der Waals surface area contributed by atoms with Gasteiger partial charge in [0.05, 0.1) is 11.6 Å². The number of rotatable bonds is 6. The van der Waals surface area contributed by atoms with Crippen LogP contribution >= 0.6 is 27.3 Å². The summed E-state index contributed by atoms with van der Waals surface area (Å²) in [6, 6.07) is 23.2. The Kier molecular flexibility index (Phi) is 5.93. The predicted molar refractivity (Wildman–Crippen MR) is 133 cm³/mol. The lowest BCUT2D eigenvalue weighted by atomic mass is 10.2. The Labute approximate surface area is 201 Å². The molecule has 0 amide bonds. The zero-order valence-electron chi connectivity index (χ0n) is 17.6. The smallest absolute Gasteiger partial charge is 0.291 e. The minimum Gasteiger partial charge on any atom is -0.493 e. The van der Waals surface area contributed by atoms with Crippen molar-refractivity contribution in [3.63, 3.8) is 0 Å².